The third kappa shape index (κ3) is 3.74. The fourth-order valence-corrected chi connectivity index (χ4v) is 2.93. The van der Waals surface area contributed by atoms with E-state index in [-0.39, 0.29) is 17.9 Å². The molecule has 3 aromatic rings. The number of amides is 2. The Morgan fingerprint density at radius 1 is 1.12 bits per heavy atom. The molecular formula is C20H21FN4O. The van der Waals surface area contributed by atoms with Crippen molar-refractivity contribution in [1.29, 1.82) is 0 Å². The number of rotatable bonds is 4. The Morgan fingerprint density at radius 2 is 1.77 bits per heavy atom. The Hall–Kier alpha value is -3.15. The molecule has 2 N–H and O–H groups in total. The summed E-state index contributed by atoms with van der Waals surface area (Å²) in [6.07, 6.45) is 0. The summed E-state index contributed by atoms with van der Waals surface area (Å²) in [6.45, 7) is 3.76. The van der Waals surface area contributed by atoms with Crippen molar-refractivity contribution < 1.29 is 9.18 Å². The molecule has 0 unspecified atom stereocenters. The molecule has 0 aliphatic rings. The van der Waals surface area contributed by atoms with Crippen molar-refractivity contribution >= 4 is 11.8 Å². The summed E-state index contributed by atoms with van der Waals surface area (Å²) in [5, 5.41) is 10.2. The number of aryl methyl sites for hydroxylation is 2. The Balaban J connectivity index is 1.78. The molecule has 6 heteroatoms. The minimum atomic E-state index is -0.345. The van der Waals surface area contributed by atoms with Crippen LogP contribution in [0.4, 0.5) is 15.0 Å². The lowest BCUT2D eigenvalue weighted by Crippen LogP contribution is -2.32. The van der Waals surface area contributed by atoms with E-state index >= 15 is 0 Å². The first-order valence-electron chi connectivity index (χ1n) is 8.37. The summed E-state index contributed by atoms with van der Waals surface area (Å²) in [6, 6.07) is 15.3. The molecule has 1 atom stereocenters. The number of aromatic nitrogens is 2. The first-order chi connectivity index (χ1) is 12.5. The number of urea groups is 1. The normalized spacial score (nSPS) is 11.8. The highest BCUT2D eigenvalue weighted by Gasteiger charge is 2.18. The van der Waals surface area contributed by atoms with Crippen LogP contribution in [0.15, 0.2) is 54.6 Å². The van der Waals surface area contributed by atoms with Crippen LogP contribution in [-0.2, 0) is 7.05 Å². The molecule has 0 aliphatic carbocycles. The van der Waals surface area contributed by atoms with Crippen LogP contribution >= 0.6 is 0 Å². The summed E-state index contributed by atoms with van der Waals surface area (Å²) in [7, 11) is 1.79. The number of carbonyl (C=O) groups is 1. The van der Waals surface area contributed by atoms with Gasteiger partial charge in [0.2, 0.25) is 0 Å². The minimum Gasteiger partial charge on any atom is -0.331 e. The Labute approximate surface area is 151 Å². The van der Waals surface area contributed by atoms with Crippen molar-refractivity contribution in [3.63, 3.8) is 0 Å². The molecule has 26 heavy (non-hydrogen) atoms. The highest BCUT2D eigenvalue weighted by atomic mass is 19.1. The number of benzene rings is 2. The predicted molar refractivity (Wildman–Crippen MR) is 100 cm³/mol. The van der Waals surface area contributed by atoms with Gasteiger partial charge < -0.3 is 5.32 Å². The van der Waals surface area contributed by atoms with E-state index in [1.54, 1.807) is 23.9 Å². The van der Waals surface area contributed by atoms with Gasteiger partial charge in [-0.25, -0.2) is 9.18 Å². The van der Waals surface area contributed by atoms with E-state index in [9.17, 15) is 9.18 Å². The van der Waals surface area contributed by atoms with Gasteiger partial charge in [-0.2, -0.15) is 5.10 Å². The van der Waals surface area contributed by atoms with E-state index in [4.69, 9.17) is 0 Å². The number of nitrogens with zero attached hydrogens (tertiary/aromatic N) is 2. The van der Waals surface area contributed by atoms with E-state index in [2.05, 4.69) is 15.7 Å². The number of hydrogen-bond acceptors (Lipinski definition) is 2. The van der Waals surface area contributed by atoms with Crippen molar-refractivity contribution in [2.24, 2.45) is 7.05 Å². The van der Waals surface area contributed by atoms with Crippen LogP contribution in [0.1, 0.15) is 24.2 Å². The number of nitrogens with one attached hydrogen (secondary N) is 2. The molecular weight excluding hydrogens is 331 g/mol. The first-order valence-corrected chi connectivity index (χ1v) is 8.37. The van der Waals surface area contributed by atoms with Gasteiger partial charge in [-0.1, -0.05) is 42.5 Å². The maximum absolute atomic E-state index is 13.0. The molecule has 2 amide bonds. The second-order valence-corrected chi connectivity index (χ2v) is 6.17. The van der Waals surface area contributed by atoms with Crippen molar-refractivity contribution in [2.75, 3.05) is 5.32 Å². The molecule has 0 aliphatic heterocycles. The average Bonchev–Trinajstić information content (AvgIpc) is 2.89. The molecule has 3 rings (SSSR count). The van der Waals surface area contributed by atoms with Crippen LogP contribution in [-0.4, -0.2) is 15.8 Å². The van der Waals surface area contributed by atoms with Gasteiger partial charge in [0, 0.05) is 12.6 Å². The SMILES string of the molecule is Cc1nn(C)c(NC(=O)N[C@H](C)c2ccc(F)cc2)c1-c1ccccc1. The molecule has 0 saturated heterocycles. The number of anilines is 1. The summed E-state index contributed by atoms with van der Waals surface area (Å²) in [5.41, 5.74) is 3.53. The van der Waals surface area contributed by atoms with E-state index in [1.807, 2.05) is 44.2 Å². The Bertz CT molecular complexity index is 904. The zero-order valence-corrected chi connectivity index (χ0v) is 15.0. The van der Waals surface area contributed by atoms with Gasteiger partial charge in [0.25, 0.3) is 0 Å². The van der Waals surface area contributed by atoms with Crippen LogP contribution in [0, 0.1) is 12.7 Å². The van der Waals surface area contributed by atoms with Gasteiger partial charge in [0.1, 0.15) is 11.6 Å². The average molecular weight is 352 g/mol. The lowest BCUT2D eigenvalue weighted by Gasteiger charge is -2.16. The molecule has 0 fully saturated rings. The molecule has 1 heterocycles. The summed E-state index contributed by atoms with van der Waals surface area (Å²) >= 11 is 0. The second-order valence-electron chi connectivity index (χ2n) is 6.17. The third-order valence-electron chi connectivity index (χ3n) is 4.23. The van der Waals surface area contributed by atoms with Crippen molar-refractivity contribution in [3.8, 4) is 11.1 Å². The van der Waals surface area contributed by atoms with Gasteiger partial charge in [-0.15, -0.1) is 0 Å². The maximum Gasteiger partial charge on any atom is 0.320 e. The molecule has 2 aromatic carbocycles. The number of carbonyl (C=O) groups excluding carboxylic acids is 1. The van der Waals surface area contributed by atoms with Gasteiger partial charge in [-0.3, -0.25) is 10.00 Å². The van der Waals surface area contributed by atoms with Gasteiger partial charge in [0.15, 0.2) is 0 Å². The maximum atomic E-state index is 13.0. The van der Waals surface area contributed by atoms with E-state index < -0.39 is 0 Å². The minimum absolute atomic E-state index is 0.259. The second kappa shape index (κ2) is 7.39. The first kappa shape index (κ1) is 17.7. The van der Waals surface area contributed by atoms with Gasteiger partial charge in [-0.05, 0) is 37.1 Å². The van der Waals surface area contributed by atoms with Crippen molar-refractivity contribution in [1.82, 2.24) is 15.1 Å². The Kier molecular flexibility index (Phi) is 5.02. The van der Waals surface area contributed by atoms with E-state index in [0.717, 1.165) is 22.4 Å². The van der Waals surface area contributed by atoms with Gasteiger partial charge >= 0.3 is 6.03 Å². The molecule has 0 saturated carbocycles. The van der Waals surface area contributed by atoms with Crippen molar-refractivity contribution in [3.05, 3.63) is 71.7 Å². The van der Waals surface area contributed by atoms with Crippen LogP contribution in [0.2, 0.25) is 0 Å². The predicted octanol–water partition coefficient (Wildman–Crippen LogP) is 4.42. The number of halogens is 1. The lowest BCUT2D eigenvalue weighted by molar-refractivity contribution is 0.249. The zero-order chi connectivity index (χ0) is 18.7. The molecule has 5 nitrogen and oxygen atoms in total. The summed E-state index contributed by atoms with van der Waals surface area (Å²) < 4.78 is 14.7. The molecule has 134 valence electrons. The molecule has 0 spiro atoms. The monoisotopic (exact) mass is 352 g/mol. The molecule has 0 bridgehead atoms. The highest BCUT2D eigenvalue weighted by molar-refractivity contribution is 5.94. The van der Waals surface area contributed by atoms with Crippen LogP contribution in [0.25, 0.3) is 11.1 Å². The van der Waals surface area contributed by atoms with Crippen molar-refractivity contribution in [2.45, 2.75) is 19.9 Å². The fraction of sp³-hybridized carbons (Fsp3) is 0.200. The summed E-state index contributed by atoms with van der Waals surface area (Å²) in [4.78, 5) is 12.5. The standard InChI is InChI=1S/C20H21FN4O/c1-13(15-9-11-17(21)12-10-15)22-20(26)23-19-18(14(2)24-25(19)3)16-7-5-4-6-8-16/h4-13H,1-3H3,(H2,22,23,26)/t13-/m1/s1. The van der Waals surface area contributed by atoms with E-state index in [1.165, 1.54) is 12.1 Å². The Morgan fingerprint density at radius 3 is 2.42 bits per heavy atom. The number of hydrogen-bond donors (Lipinski definition) is 2. The smallest absolute Gasteiger partial charge is 0.320 e. The van der Waals surface area contributed by atoms with E-state index in [0.29, 0.717) is 5.82 Å². The fourth-order valence-electron chi connectivity index (χ4n) is 2.93. The quantitative estimate of drug-likeness (QED) is 0.730. The van der Waals surface area contributed by atoms with Crippen LogP contribution in [0.5, 0.6) is 0 Å². The molecule has 0 radical (unpaired) electrons. The topological polar surface area (TPSA) is 59.0 Å². The third-order valence-corrected chi connectivity index (χ3v) is 4.23. The van der Waals surface area contributed by atoms with Gasteiger partial charge in [0.05, 0.1) is 11.7 Å². The summed E-state index contributed by atoms with van der Waals surface area (Å²) in [5.74, 6) is 0.320. The lowest BCUT2D eigenvalue weighted by atomic mass is 10.1. The highest BCUT2D eigenvalue weighted by Crippen LogP contribution is 2.30. The molecule has 1 aromatic heterocycles. The largest absolute Gasteiger partial charge is 0.331 e. The van der Waals surface area contributed by atoms with Crippen LogP contribution in [0.3, 0.4) is 0 Å². The van der Waals surface area contributed by atoms with Crippen LogP contribution < -0.4 is 10.6 Å². The zero-order valence-electron chi connectivity index (χ0n) is 15.0.